The van der Waals surface area contributed by atoms with Crippen molar-refractivity contribution in [2.24, 2.45) is 17.8 Å². The van der Waals surface area contributed by atoms with Gasteiger partial charge in [0.05, 0.1) is 0 Å². The van der Waals surface area contributed by atoms with E-state index in [-0.39, 0.29) is 38.5 Å². The number of carbonyl (C=O) groups is 6. The number of para-hydroxylation sites is 3. The molecule has 3 heterocycles. The molecule has 3 aromatic rings. The van der Waals surface area contributed by atoms with Crippen LogP contribution in [0.15, 0.2) is 91.0 Å². The van der Waals surface area contributed by atoms with Crippen LogP contribution in [0.1, 0.15) is 122 Å². The van der Waals surface area contributed by atoms with Crippen LogP contribution in [0.25, 0.3) is 0 Å². The molecule has 3 atom stereocenters. The van der Waals surface area contributed by atoms with Gasteiger partial charge >= 0.3 is 36.2 Å². The SMILES string of the molecule is CC1(C)CC(C(C(=O)O)N(C(C(=O)O)C2CC(C)(C)N(C(=O)Oc3ccccc3)C(C)(C)C2)C(C(=O)O)C2CC(C)(C)N(C(=O)Oc3ccccc3)C(C)(C)C2)CC(C)(C)N1C(=O)Oc1ccccc1. The minimum Gasteiger partial charge on any atom is -0.480 e. The number of carbonyl (C=O) groups excluding carboxylic acids is 3. The number of amides is 3. The minimum absolute atomic E-state index is 0.0357. The Morgan fingerprint density at radius 1 is 0.400 bits per heavy atom. The highest BCUT2D eigenvalue weighted by Gasteiger charge is 2.61. The van der Waals surface area contributed by atoms with E-state index in [9.17, 15) is 44.1 Å². The number of hydrogen-bond donors (Lipinski definition) is 3. The number of aliphatic carboxylic acids is 3. The number of carboxylic acids is 3. The summed E-state index contributed by atoms with van der Waals surface area (Å²) < 4.78 is 17.5. The molecule has 3 N–H and O–H groups in total. The Kier molecular flexibility index (Phi) is 14.9. The zero-order chi connectivity index (χ0) is 51.9. The predicted molar refractivity (Wildman–Crippen MR) is 262 cm³/mol. The van der Waals surface area contributed by atoms with Crippen molar-refractivity contribution in [2.75, 3.05) is 0 Å². The normalized spacial score (nSPS) is 22.0. The summed E-state index contributed by atoms with van der Waals surface area (Å²) in [5.74, 6) is -6.01. The molecule has 3 fully saturated rings. The van der Waals surface area contributed by atoms with Gasteiger partial charge in [-0.05, 0) is 176 Å². The summed E-state index contributed by atoms with van der Waals surface area (Å²) in [7, 11) is 0. The lowest BCUT2D eigenvalue weighted by molar-refractivity contribution is -0.175. The number of hydrogen-bond acceptors (Lipinski definition) is 10. The van der Waals surface area contributed by atoms with E-state index in [4.69, 9.17) is 14.2 Å². The first kappa shape index (κ1) is 53.2. The van der Waals surface area contributed by atoms with Crippen LogP contribution in [0, 0.1) is 17.8 Å². The van der Waals surface area contributed by atoms with Gasteiger partial charge in [0.2, 0.25) is 0 Å². The number of carboxylic acid groups (broad SMARTS) is 3. The second kappa shape index (κ2) is 19.6. The number of rotatable bonds is 12. The van der Waals surface area contributed by atoms with Gasteiger partial charge in [0, 0.05) is 33.2 Å². The summed E-state index contributed by atoms with van der Waals surface area (Å²) in [5.41, 5.74) is -6.51. The first-order valence-corrected chi connectivity index (χ1v) is 24.1. The van der Waals surface area contributed by atoms with Gasteiger partial charge < -0.3 is 29.5 Å². The fourth-order valence-corrected chi connectivity index (χ4v) is 13.4. The van der Waals surface area contributed by atoms with E-state index in [2.05, 4.69) is 0 Å². The standard InChI is InChI=1S/C54H72N4O12/c1-49(2)28-34(29-50(3,4)56(49)46(65)68-37-22-16-13-17-23-37)40(43(59)60)55(41(44(61)62)35-30-51(5,6)57(52(7,8)31-35)47(66)69-38-24-18-14-19-25-38)42(45(63)64)36-32-53(9,10)58(54(11,12)33-36)48(67)70-39-26-20-15-21-27-39/h13-27,34-36,40-42H,28-33H2,1-12H3,(H,59,60)(H,61,62)(H,63,64). The molecular formula is C54H72N4O12. The molecule has 0 bridgehead atoms. The highest BCUT2D eigenvalue weighted by atomic mass is 16.6. The average Bonchev–Trinajstić information content (AvgIpc) is 3.19. The highest BCUT2D eigenvalue weighted by Crippen LogP contribution is 2.51. The van der Waals surface area contributed by atoms with Crippen molar-refractivity contribution in [1.29, 1.82) is 0 Å². The summed E-state index contributed by atoms with van der Waals surface area (Å²) in [6, 6.07) is 20.6. The molecule has 3 aliphatic rings. The van der Waals surface area contributed by atoms with Gasteiger partial charge in [0.25, 0.3) is 0 Å². The van der Waals surface area contributed by atoms with Crippen molar-refractivity contribution in [3.63, 3.8) is 0 Å². The zero-order valence-corrected chi connectivity index (χ0v) is 42.7. The third-order valence-corrected chi connectivity index (χ3v) is 14.7. The Morgan fingerprint density at radius 2 is 0.586 bits per heavy atom. The molecule has 3 unspecified atom stereocenters. The van der Waals surface area contributed by atoms with Crippen molar-refractivity contribution in [3.8, 4) is 17.2 Å². The highest BCUT2D eigenvalue weighted by molar-refractivity contribution is 5.83. The maximum Gasteiger partial charge on any atom is 0.416 e. The Labute approximate surface area is 411 Å². The van der Waals surface area contributed by atoms with Crippen LogP contribution in [0.3, 0.4) is 0 Å². The fraction of sp³-hybridized carbons (Fsp3) is 0.556. The Hall–Kier alpha value is -6.16. The van der Waals surface area contributed by atoms with E-state index in [0.717, 1.165) is 0 Å². The van der Waals surface area contributed by atoms with Crippen LogP contribution in [0.2, 0.25) is 0 Å². The molecular weight excluding hydrogens is 897 g/mol. The van der Waals surface area contributed by atoms with E-state index in [0.29, 0.717) is 17.2 Å². The zero-order valence-electron chi connectivity index (χ0n) is 42.7. The monoisotopic (exact) mass is 969 g/mol. The van der Waals surface area contributed by atoms with Gasteiger partial charge in [0.1, 0.15) is 35.4 Å². The molecule has 16 nitrogen and oxygen atoms in total. The lowest BCUT2D eigenvalue weighted by atomic mass is 9.66. The molecule has 70 heavy (non-hydrogen) atoms. The minimum atomic E-state index is -1.72. The number of nitrogens with zero attached hydrogens (tertiary/aromatic N) is 4. The van der Waals surface area contributed by atoms with Crippen molar-refractivity contribution in [2.45, 2.75) is 173 Å². The van der Waals surface area contributed by atoms with Crippen molar-refractivity contribution in [1.82, 2.24) is 19.6 Å². The molecule has 3 aromatic carbocycles. The van der Waals surface area contributed by atoms with E-state index in [1.807, 2.05) is 0 Å². The van der Waals surface area contributed by atoms with Gasteiger partial charge in [0.15, 0.2) is 0 Å². The lowest BCUT2D eigenvalue weighted by Gasteiger charge is -2.59. The Balaban J connectivity index is 1.47. The second-order valence-corrected chi connectivity index (χ2v) is 23.2. The van der Waals surface area contributed by atoms with Crippen LogP contribution in [-0.4, -0.2) is 122 Å². The first-order valence-electron chi connectivity index (χ1n) is 24.1. The molecule has 3 aliphatic heterocycles. The molecule has 3 amide bonds. The first-order chi connectivity index (χ1) is 32.4. The van der Waals surface area contributed by atoms with Gasteiger partial charge in [-0.3, -0.25) is 34.0 Å². The lowest BCUT2D eigenvalue weighted by Crippen LogP contribution is -2.72. The van der Waals surface area contributed by atoms with Crippen LogP contribution < -0.4 is 14.2 Å². The third kappa shape index (κ3) is 11.1. The van der Waals surface area contributed by atoms with Gasteiger partial charge in [-0.25, -0.2) is 14.4 Å². The molecule has 0 aliphatic carbocycles. The summed E-state index contributed by atoms with van der Waals surface area (Å²) in [6.45, 7) is 21.6. The average molecular weight is 969 g/mol. The number of piperidine rings is 3. The van der Waals surface area contributed by atoms with Crippen molar-refractivity contribution >= 4 is 36.2 Å². The van der Waals surface area contributed by atoms with Crippen LogP contribution in [-0.2, 0) is 14.4 Å². The molecule has 0 saturated carbocycles. The van der Waals surface area contributed by atoms with E-state index < -0.39 is 105 Å². The molecule has 0 aromatic heterocycles. The van der Waals surface area contributed by atoms with Crippen molar-refractivity contribution in [3.05, 3.63) is 91.0 Å². The third-order valence-electron chi connectivity index (χ3n) is 14.7. The topological polar surface area (TPSA) is 204 Å². The number of benzene rings is 3. The maximum absolute atomic E-state index is 14.4. The summed E-state index contributed by atoms with van der Waals surface area (Å²) in [6.07, 6.45) is -1.75. The van der Waals surface area contributed by atoms with E-state index in [1.165, 1.54) is 4.90 Å². The van der Waals surface area contributed by atoms with Gasteiger partial charge in [-0.1, -0.05) is 54.6 Å². The molecule has 0 spiro atoms. The Bertz CT molecular complexity index is 2080. The summed E-state index contributed by atoms with van der Waals surface area (Å²) in [5, 5.41) is 35.1. The van der Waals surface area contributed by atoms with Crippen molar-refractivity contribution < 1.29 is 58.3 Å². The number of ether oxygens (including phenoxy) is 3. The second-order valence-electron chi connectivity index (χ2n) is 23.2. The molecule has 380 valence electrons. The van der Waals surface area contributed by atoms with Crippen LogP contribution in [0.5, 0.6) is 17.2 Å². The summed E-state index contributed by atoms with van der Waals surface area (Å²) in [4.78, 5) is 91.5. The maximum atomic E-state index is 14.4. The smallest absolute Gasteiger partial charge is 0.416 e. The van der Waals surface area contributed by atoms with Crippen LogP contribution in [0.4, 0.5) is 14.4 Å². The molecule has 0 radical (unpaired) electrons. The summed E-state index contributed by atoms with van der Waals surface area (Å²) >= 11 is 0. The molecule has 3 saturated heterocycles. The van der Waals surface area contributed by atoms with Gasteiger partial charge in [-0.2, -0.15) is 0 Å². The largest absolute Gasteiger partial charge is 0.480 e. The molecule has 6 rings (SSSR count). The number of likely N-dealkylation sites (tertiary alicyclic amines) is 3. The van der Waals surface area contributed by atoms with E-state index in [1.54, 1.807) is 189 Å². The van der Waals surface area contributed by atoms with Gasteiger partial charge in [-0.15, -0.1) is 0 Å². The van der Waals surface area contributed by atoms with E-state index >= 15 is 0 Å². The molecule has 16 heteroatoms. The fourth-order valence-electron chi connectivity index (χ4n) is 13.4. The quantitative estimate of drug-likeness (QED) is 0.155. The predicted octanol–water partition coefficient (Wildman–Crippen LogP) is 10.1. The van der Waals surface area contributed by atoms with Crippen LogP contribution >= 0.6 is 0 Å². The Morgan fingerprint density at radius 3 is 0.757 bits per heavy atom.